The lowest BCUT2D eigenvalue weighted by Crippen LogP contribution is -2.57. The smallest absolute Gasteiger partial charge is 0.184 e. The van der Waals surface area contributed by atoms with Crippen molar-refractivity contribution >= 4 is 17.3 Å². The van der Waals surface area contributed by atoms with Gasteiger partial charge in [-0.2, -0.15) is 0 Å². The van der Waals surface area contributed by atoms with Gasteiger partial charge in [-0.15, -0.1) is 0 Å². The number of nitrogens with zero attached hydrogens (tertiary/aromatic N) is 1. The summed E-state index contributed by atoms with van der Waals surface area (Å²) in [5.74, 6) is 0.739. The Hall–Kier alpha value is -0.350. The SMILES string of the molecule is C[C@H]1CC(C)(C)C[C@@]2(C1)NC(=S)N(C)N2. The van der Waals surface area contributed by atoms with Crippen molar-refractivity contribution in [3.8, 4) is 0 Å². The van der Waals surface area contributed by atoms with Gasteiger partial charge in [0.2, 0.25) is 0 Å². The zero-order valence-corrected chi connectivity index (χ0v) is 10.9. The molecule has 1 spiro atoms. The van der Waals surface area contributed by atoms with E-state index in [9.17, 15) is 0 Å². The molecule has 2 rings (SSSR count). The highest BCUT2D eigenvalue weighted by Gasteiger charge is 2.47. The molecule has 1 heterocycles. The zero-order chi connectivity index (χ0) is 11.3. The van der Waals surface area contributed by atoms with Crippen LogP contribution in [0.2, 0.25) is 0 Å². The van der Waals surface area contributed by atoms with Gasteiger partial charge in [-0.3, -0.25) is 5.01 Å². The summed E-state index contributed by atoms with van der Waals surface area (Å²) in [5, 5.41) is 6.20. The van der Waals surface area contributed by atoms with E-state index in [0.717, 1.165) is 23.9 Å². The summed E-state index contributed by atoms with van der Waals surface area (Å²) in [6.07, 6.45) is 3.59. The average Bonchev–Trinajstić information content (AvgIpc) is 2.20. The first-order chi connectivity index (χ1) is 6.82. The maximum absolute atomic E-state index is 5.26. The Balaban J connectivity index is 2.19. The first-order valence-electron chi connectivity index (χ1n) is 5.66. The van der Waals surface area contributed by atoms with Gasteiger partial charge in [0, 0.05) is 7.05 Å². The summed E-state index contributed by atoms with van der Waals surface area (Å²) in [6, 6.07) is 0. The quantitative estimate of drug-likeness (QED) is 0.618. The summed E-state index contributed by atoms with van der Waals surface area (Å²) in [7, 11) is 1.98. The van der Waals surface area contributed by atoms with E-state index in [1.54, 1.807) is 0 Å². The lowest BCUT2D eigenvalue weighted by atomic mass is 9.68. The number of hydrazine groups is 1. The van der Waals surface area contributed by atoms with Gasteiger partial charge in [-0.25, -0.2) is 5.43 Å². The first-order valence-corrected chi connectivity index (χ1v) is 6.06. The standard InChI is InChI=1S/C11H21N3S/c1-8-5-10(2,3)7-11(6-8)12-9(15)14(4)13-11/h8,13H,5-7H2,1-4H3,(H,12,15)/t8-,11-/m0/s1. The summed E-state index contributed by atoms with van der Waals surface area (Å²) >= 11 is 5.26. The maximum Gasteiger partial charge on any atom is 0.184 e. The Labute approximate surface area is 97.6 Å². The van der Waals surface area contributed by atoms with Gasteiger partial charge in [-0.1, -0.05) is 20.8 Å². The second-order valence-corrected chi connectivity index (χ2v) is 6.42. The van der Waals surface area contributed by atoms with Crippen LogP contribution < -0.4 is 10.7 Å². The Bertz CT molecular complexity index is 290. The predicted molar refractivity (Wildman–Crippen MR) is 66.2 cm³/mol. The molecule has 4 heteroatoms. The molecule has 3 nitrogen and oxygen atoms in total. The minimum Gasteiger partial charge on any atom is -0.342 e. The van der Waals surface area contributed by atoms with Crippen molar-refractivity contribution in [1.29, 1.82) is 0 Å². The average molecular weight is 227 g/mol. The fourth-order valence-electron chi connectivity index (χ4n) is 3.44. The van der Waals surface area contributed by atoms with E-state index in [1.807, 2.05) is 12.1 Å². The third kappa shape index (κ3) is 2.11. The molecule has 0 aromatic rings. The lowest BCUT2D eigenvalue weighted by molar-refractivity contribution is 0.0609. The summed E-state index contributed by atoms with van der Waals surface area (Å²) in [5.41, 5.74) is 3.88. The number of hydrogen-bond donors (Lipinski definition) is 2. The van der Waals surface area contributed by atoms with E-state index in [4.69, 9.17) is 12.2 Å². The fraction of sp³-hybridized carbons (Fsp3) is 0.909. The second kappa shape index (κ2) is 3.32. The molecule has 0 radical (unpaired) electrons. The molecular weight excluding hydrogens is 206 g/mol. The molecule has 1 aliphatic carbocycles. The zero-order valence-electron chi connectivity index (χ0n) is 10.1. The minimum atomic E-state index is 0.00694. The van der Waals surface area contributed by atoms with E-state index < -0.39 is 0 Å². The van der Waals surface area contributed by atoms with Crippen LogP contribution in [-0.2, 0) is 0 Å². The highest BCUT2D eigenvalue weighted by Crippen LogP contribution is 2.43. The summed E-state index contributed by atoms with van der Waals surface area (Å²) in [4.78, 5) is 0. The van der Waals surface area contributed by atoms with Crippen molar-refractivity contribution in [2.75, 3.05) is 7.05 Å². The lowest BCUT2D eigenvalue weighted by Gasteiger charge is -2.45. The minimum absolute atomic E-state index is 0.00694. The van der Waals surface area contributed by atoms with Crippen LogP contribution in [-0.4, -0.2) is 22.8 Å². The highest BCUT2D eigenvalue weighted by molar-refractivity contribution is 7.80. The third-order valence-corrected chi connectivity index (χ3v) is 3.79. The molecule has 86 valence electrons. The fourth-order valence-corrected chi connectivity index (χ4v) is 3.68. The molecule has 0 aromatic heterocycles. The monoisotopic (exact) mass is 227 g/mol. The van der Waals surface area contributed by atoms with Crippen molar-refractivity contribution in [3.63, 3.8) is 0 Å². The van der Waals surface area contributed by atoms with Crippen LogP contribution in [0, 0.1) is 11.3 Å². The molecule has 2 atom stereocenters. The topological polar surface area (TPSA) is 27.3 Å². The van der Waals surface area contributed by atoms with Crippen molar-refractivity contribution in [2.45, 2.75) is 45.7 Å². The molecule has 0 bridgehead atoms. The van der Waals surface area contributed by atoms with Gasteiger partial charge in [0.1, 0.15) is 5.66 Å². The van der Waals surface area contributed by atoms with E-state index >= 15 is 0 Å². The van der Waals surface area contributed by atoms with E-state index in [1.165, 1.54) is 6.42 Å². The molecule has 2 fully saturated rings. The number of nitrogens with one attached hydrogen (secondary N) is 2. The van der Waals surface area contributed by atoms with Gasteiger partial charge in [0.25, 0.3) is 0 Å². The maximum atomic E-state index is 5.26. The Morgan fingerprint density at radius 3 is 2.53 bits per heavy atom. The normalized spacial score (nSPS) is 39.6. The van der Waals surface area contributed by atoms with E-state index in [2.05, 4.69) is 31.5 Å². The van der Waals surface area contributed by atoms with Crippen LogP contribution in [0.25, 0.3) is 0 Å². The molecule has 0 amide bonds. The molecular formula is C11H21N3S. The number of rotatable bonds is 0. The van der Waals surface area contributed by atoms with E-state index in [-0.39, 0.29) is 5.66 Å². The Morgan fingerprint density at radius 1 is 1.40 bits per heavy atom. The summed E-state index contributed by atoms with van der Waals surface area (Å²) < 4.78 is 0. The molecule has 0 unspecified atom stereocenters. The van der Waals surface area contributed by atoms with Crippen LogP contribution in [0.3, 0.4) is 0 Å². The van der Waals surface area contributed by atoms with Crippen molar-refractivity contribution in [3.05, 3.63) is 0 Å². The molecule has 1 saturated carbocycles. The van der Waals surface area contributed by atoms with Crippen molar-refractivity contribution in [1.82, 2.24) is 15.8 Å². The molecule has 2 aliphatic rings. The van der Waals surface area contributed by atoms with Gasteiger partial charge < -0.3 is 5.32 Å². The molecule has 15 heavy (non-hydrogen) atoms. The highest BCUT2D eigenvalue weighted by atomic mass is 32.1. The number of thiocarbonyl (C=S) groups is 1. The largest absolute Gasteiger partial charge is 0.342 e. The van der Waals surface area contributed by atoms with Gasteiger partial charge in [0.05, 0.1) is 0 Å². The van der Waals surface area contributed by atoms with Crippen LogP contribution in [0.5, 0.6) is 0 Å². The molecule has 1 aliphatic heterocycles. The molecule has 2 N–H and O–H groups in total. The first kappa shape index (κ1) is 11.1. The Morgan fingerprint density at radius 2 is 2.07 bits per heavy atom. The molecule has 0 aromatic carbocycles. The van der Waals surface area contributed by atoms with Crippen LogP contribution >= 0.6 is 12.2 Å². The third-order valence-electron chi connectivity index (χ3n) is 3.41. The van der Waals surface area contributed by atoms with Gasteiger partial charge in [-0.05, 0) is 42.8 Å². The van der Waals surface area contributed by atoms with Crippen molar-refractivity contribution in [2.24, 2.45) is 11.3 Å². The molecule has 1 saturated heterocycles. The van der Waals surface area contributed by atoms with Gasteiger partial charge >= 0.3 is 0 Å². The number of hydrogen-bond acceptors (Lipinski definition) is 2. The van der Waals surface area contributed by atoms with Crippen LogP contribution in [0.15, 0.2) is 0 Å². The Kier molecular flexibility index (Phi) is 2.47. The van der Waals surface area contributed by atoms with Crippen LogP contribution in [0.4, 0.5) is 0 Å². The summed E-state index contributed by atoms with van der Waals surface area (Å²) in [6.45, 7) is 7.01. The predicted octanol–water partition coefficient (Wildman–Crippen LogP) is 1.85. The van der Waals surface area contributed by atoms with Crippen molar-refractivity contribution < 1.29 is 0 Å². The van der Waals surface area contributed by atoms with Gasteiger partial charge in [0.15, 0.2) is 5.11 Å². The van der Waals surface area contributed by atoms with E-state index in [0.29, 0.717) is 5.41 Å². The van der Waals surface area contributed by atoms with Crippen LogP contribution in [0.1, 0.15) is 40.0 Å². The second-order valence-electron chi connectivity index (χ2n) is 6.04.